The second kappa shape index (κ2) is 3.86. The van der Waals surface area contributed by atoms with E-state index in [0.717, 1.165) is 0 Å². The van der Waals surface area contributed by atoms with Crippen LogP contribution in [0.2, 0.25) is 0 Å². The molecule has 2 nitrogen and oxygen atoms in total. The van der Waals surface area contributed by atoms with Crippen molar-refractivity contribution in [2.75, 3.05) is 19.0 Å². The van der Waals surface area contributed by atoms with Gasteiger partial charge in [-0.25, -0.2) is 0 Å². The molecule has 0 saturated carbocycles. The summed E-state index contributed by atoms with van der Waals surface area (Å²) >= 11 is 0. The van der Waals surface area contributed by atoms with Crippen molar-refractivity contribution in [2.24, 2.45) is 0 Å². The highest BCUT2D eigenvalue weighted by Gasteiger charge is 2.30. The molecule has 2 atom stereocenters. The highest BCUT2D eigenvalue weighted by Crippen LogP contribution is 2.33. The number of hydrogen-bond acceptors (Lipinski definition) is 2. The summed E-state index contributed by atoms with van der Waals surface area (Å²) in [4.78, 5) is 2.41. The van der Waals surface area contributed by atoms with E-state index < -0.39 is 0 Å². The molecule has 2 unspecified atom stereocenters. The Morgan fingerprint density at radius 2 is 2.20 bits per heavy atom. The van der Waals surface area contributed by atoms with Gasteiger partial charge in [0.15, 0.2) is 0 Å². The average molecular weight is 204 g/mol. The summed E-state index contributed by atoms with van der Waals surface area (Å²) in [7, 11) is 4.23. The van der Waals surface area contributed by atoms with Crippen molar-refractivity contribution in [2.45, 2.75) is 32.4 Å². The first-order valence-corrected chi connectivity index (χ1v) is 5.63. The maximum atomic E-state index is 3.35. The van der Waals surface area contributed by atoms with Gasteiger partial charge >= 0.3 is 0 Å². The lowest BCUT2D eigenvalue weighted by atomic mass is 10.0. The third kappa shape index (κ3) is 1.63. The van der Waals surface area contributed by atoms with Crippen LogP contribution >= 0.6 is 0 Å². The van der Waals surface area contributed by atoms with Gasteiger partial charge in [-0.05, 0) is 44.5 Å². The molecule has 0 spiro atoms. The number of hydrogen-bond donors (Lipinski definition) is 1. The van der Waals surface area contributed by atoms with Crippen LogP contribution in [0.15, 0.2) is 18.2 Å². The lowest BCUT2D eigenvalue weighted by Crippen LogP contribution is -2.44. The first kappa shape index (κ1) is 10.5. The molecule has 82 valence electrons. The van der Waals surface area contributed by atoms with Crippen LogP contribution in [0.4, 0.5) is 5.69 Å². The van der Waals surface area contributed by atoms with Crippen molar-refractivity contribution in [3.8, 4) is 0 Å². The molecule has 15 heavy (non-hydrogen) atoms. The van der Waals surface area contributed by atoms with Crippen LogP contribution in [-0.4, -0.2) is 26.2 Å². The second-order valence-electron chi connectivity index (χ2n) is 4.53. The number of aryl methyl sites for hydroxylation is 1. The molecule has 0 amide bonds. The number of fused-ring (bicyclic) bond motifs is 1. The van der Waals surface area contributed by atoms with Gasteiger partial charge < -0.3 is 10.2 Å². The molecule has 1 aliphatic heterocycles. The van der Waals surface area contributed by atoms with Gasteiger partial charge in [0.25, 0.3) is 0 Å². The van der Waals surface area contributed by atoms with Gasteiger partial charge in [-0.1, -0.05) is 12.1 Å². The van der Waals surface area contributed by atoms with E-state index in [2.05, 4.69) is 49.3 Å². The predicted molar refractivity (Wildman–Crippen MR) is 65.6 cm³/mol. The van der Waals surface area contributed by atoms with Crippen LogP contribution in [0.1, 0.15) is 18.1 Å². The Morgan fingerprint density at radius 3 is 2.80 bits per heavy atom. The van der Waals surface area contributed by atoms with E-state index in [4.69, 9.17) is 0 Å². The molecule has 2 heteroatoms. The molecule has 1 N–H and O–H groups in total. The van der Waals surface area contributed by atoms with Crippen LogP contribution in [0.5, 0.6) is 0 Å². The minimum Gasteiger partial charge on any atom is -0.369 e. The third-order valence-electron chi connectivity index (χ3n) is 3.71. The van der Waals surface area contributed by atoms with Crippen molar-refractivity contribution in [3.05, 3.63) is 29.3 Å². The van der Waals surface area contributed by atoms with Crippen molar-refractivity contribution in [1.82, 2.24) is 5.32 Å². The zero-order valence-corrected chi connectivity index (χ0v) is 10.0. The van der Waals surface area contributed by atoms with Crippen LogP contribution in [-0.2, 0) is 6.42 Å². The smallest absolute Gasteiger partial charge is 0.0478 e. The summed E-state index contributed by atoms with van der Waals surface area (Å²) < 4.78 is 0. The normalized spacial score (nSPS) is 21.6. The van der Waals surface area contributed by atoms with Gasteiger partial charge in [0.1, 0.15) is 0 Å². The molecule has 0 aromatic heterocycles. The predicted octanol–water partition coefficient (Wildman–Crippen LogP) is 1.96. The Labute approximate surface area is 92.3 Å². The van der Waals surface area contributed by atoms with E-state index in [-0.39, 0.29) is 0 Å². The van der Waals surface area contributed by atoms with Crippen molar-refractivity contribution < 1.29 is 0 Å². The zero-order valence-electron chi connectivity index (χ0n) is 10.0. The standard InChI is InChI=1S/C13H20N2/c1-9-6-5-7-12-11(9)8-13(15(12)4)10(2)14-3/h5-7,10,13-14H,8H2,1-4H3. The van der Waals surface area contributed by atoms with Gasteiger partial charge in [0, 0.05) is 24.8 Å². The molecular formula is C13H20N2. The van der Waals surface area contributed by atoms with E-state index in [9.17, 15) is 0 Å². The number of nitrogens with zero attached hydrogens (tertiary/aromatic N) is 1. The van der Waals surface area contributed by atoms with Crippen LogP contribution in [0, 0.1) is 6.92 Å². The minimum absolute atomic E-state index is 0.529. The van der Waals surface area contributed by atoms with E-state index in [1.54, 1.807) is 0 Å². The lowest BCUT2D eigenvalue weighted by Gasteiger charge is -2.27. The highest BCUT2D eigenvalue weighted by atomic mass is 15.2. The van der Waals surface area contributed by atoms with Gasteiger partial charge in [0.2, 0.25) is 0 Å². The fourth-order valence-electron chi connectivity index (χ4n) is 2.51. The molecule has 1 aromatic carbocycles. The molecule has 0 saturated heterocycles. The summed E-state index contributed by atoms with van der Waals surface area (Å²) in [5.41, 5.74) is 4.35. The Kier molecular flexibility index (Phi) is 2.70. The number of nitrogens with one attached hydrogen (secondary N) is 1. The molecule has 0 bridgehead atoms. The Balaban J connectivity index is 2.33. The van der Waals surface area contributed by atoms with E-state index in [1.807, 2.05) is 7.05 Å². The van der Waals surface area contributed by atoms with Gasteiger partial charge in [-0.2, -0.15) is 0 Å². The molecule has 1 aromatic rings. The zero-order chi connectivity index (χ0) is 11.0. The first-order chi connectivity index (χ1) is 7.15. The van der Waals surface area contributed by atoms with Crippen molar-refractivity contribution >= 4 is 5.69 Å². The number of likely N-dealkylation sites (N-methyl/N-ethyl adjacent to an activating group) is 2. The summed E-state index contributed by atoms with van der Waals surface area (Å²) in [6.45, 7) is 4.46. The van der Waals surface area contributed by atoms with Crippen molar-refractivity contribution in [1.29, 1.82) is 0 Å². The average Bonchev–Trinajstić information content (AvgIpc) is 2.57. The Hall–Kier alpha value is -1.02. The van der Waals surface area contributed by atoms with Gasteiger partial charge in [-0.3, -0.25) is 0 Å². The SMILES string of the molecule is CNC(C)C1Cc2c(C)cccc2N1C. The molecule has 0 fully saturated rings. The number of rotatable bonds is 2. The van der Waals surface area contributed by atoms with Crippen LogP contribution in [0.3, 0.4) is 0 Å². The van der Waals surface area contributed by atoms with E-state index in [0.29, 0.717) is 12.1 Å². The monoisotopic (exact) mass is 204 g/mol. The first-order valence-electron chi connectivity index (χ1n) is 5.63. The maximum absolute atomic E-state index is 3.35. The Morgan fingerprint density at radius 1 is 1.47 bits per heavy atom. The summed E-state index contributed by atoms with van der Waals surface area (Å²) in [6.07, 6.45) is 1.17. The van der Waals surface area contributed by atoms with E-state index in [1.165, 1.54) is 23.2 Å². The highest BCUT2D eigenvalue weighted by molar-refractivity contribution is 5.61. The number of benzene rings is 1. The van der Waals surface area contributed by atoms with Gasteiger partial charge in [0.05, 0.1) is 0 Å². The second-order valence-corrected chi connectivity index (χ2v) is 4.53. The third-order valence-corrected chi connectivity index (χ3v) is 3.71. The van der Waals surface area contributed by atoms with E-state index >= 15 is 0 Å². The quantitative estimate of drug-likeness (QED) is 0.792. The maximum Gasteiger partial charge on any atom is 0.0478 e. The van der Waals surface area contributed by atoms with Crippen LogP contribution < -0.4 is 10.2 Å². The fraction of sp³-hybridized carbons (Fsp3) is 0.538. The molecular weight excluding hydrogens is 184 g/mol. The summed E-state index contributed by atoms with van der Waals surface area (Å²) in [5, 5.41) is 3.35. The van der Waals surface area contributed by atoms with Gasteiger partial charge in [-0.15, -0.1) is 0 Å². The van der Waals surface area contributed by atoms with Crippen LogP contribution in [0.25, 0.3) is 0 Å². The minimum atomic E-state index is 0.529. The summed E-state index contributed by atoms with van der Waals surface area (Å²) in [5.74, 6) is 0. The Bertz CT molecular complexity index is 360. The largest absolute Gasteiger partial charge is 0.369 e. The number of anilines is 1. The molecule has 1 aliphatic rings. The summed E-state index contributed by atoms with van der Waals surface area (Å²) in [6, 6.07) is 7.70. The topological polar surface area (TPSA) is 15.3 Å². The molecule has 0 aliphatic carbocycles. The van der Waals surface area contributed by atoms with Crippen molar-refractivity contribution in [3.63, 3.8) is 0 Å². The fourth-order valence-corrected chi connectivity index (χ4v) is 2.51. The molecule has 2 rings (SSSR count). The molecule has 1 heterocycles. The molecule has 0 radical (unpaired) electrons. The lowest BCUT2D eigenvalue weighted by molar-refractivity contribution is 0.487.